The number of nitrogens with zero attached hydrogens (tertiary/aromatic N) is 1. The molecule has 0 N–H and O–H groups in total. The van der Waals surface area contributed by atoms with Gasteiger partial charge in [-0.2, -0.15) is 0 Å². The molecular weight excluding hydrogens is 306 g/mol. The highest BCUT2D eigenvalue weighted by Gasteiger charge is 2.11. The van der Waals surface area contributed by atoms with Gasteiger partial charge in [0.05, 0.1) is 9.16 Å². The monoisotopic (exact) mass is 315 g/mol. The fourth-order valence-corrected chi connectivity index (χ4v) is 3.17. The Morgan fingerprint density at radius 2 is 2.19 bits per heavy atom. The smallest absolute Gasteiger partial charge is 0.0734 e. The third-order valence-electron chi connectivity index (χ3n) is 2.26. The lowest BCUT2D eigenvalue weighted by molar-refractivity contribution is 0.894. The molecule has 0 aliphatic carbocycles. The van der Waals surface area contributed by atoms with E-state index in [9.17, 15) is 0 Å². The highest BCUT2D eigenvalue weighted by Crippen LogP contribution is 2.32. The molecule has 0 fully saturated rings. The van der Waals surface area contributed by atoms with Crippen LogP contribution in [0.2, 0.25) is 0 Å². The van der Waals surface area contributed by atoms with Crippen molar-refractivity contribution in [3.63, 3.8) is 0 Å². The van der Waals surface area contributed by atoms with Crippen LogP contribution >= 0.6 is 38.9 Å². The van der Waals surface area contributed by atoms with Crippen LogP contribution in [0, 0.1) is 6.92 Å². The summed E-state index contributed by atoms with van der Waals surface area (Å²) >= 11 is 11.5. The van der Waals surface area contributed by atoms with E-state index in [1.54, 1.807) is 11.3 Å². The second kappa shape index (κ2) is 5.30. The Balaban J connectivity index is 2.07. The molecule has 0 spiro atoms. The molecule has 0 aliphatic heterocycles. The van der Waals surface area contributed by atoms with E-state index in [1.807, 2.05) is 25.3 Å². The molecule has 0 bridgehead atoms. The third kappa shape index (κ3) is 3.06. The van der Waals surface area contributed by atoms with Gasteiger partial charge in [-0.15, -0.1) is 22.9 Å². The van der Waals surface area contributed by atoms with Gasteiger partial charge in [0.2, 0.25) is 0 Å². The van der Waals surface area contributed by atoms with Crippen LogP contribution in [0.5, 0.6) is 0 Å². The van der Waals surface area contributed by atoms with Gasteiger partial charge in [0.1, 0.15) is 0 Å². The van der Waals surface area contributed by atoms with Crippen LogP contribution < -0.4 is 0 Å². The molecule has 16 heavy (non-hydrogen) atoms. The van der Waals surface area contributed by atoms with E-state index in [1.165, 1.54) is 10.4 Å². The summed E-state index contributed by atoms with van der Waals surface area (Å²) in [5.74, 6) is 0. The van der Waals surface area contributed by atoms with Crippen molar-refractivity contribution >= 4 is 38.9 Å². The zero-order chi connectivity index (χ0) is 11.5. The van der Waals surface area contributed by atoms with Crippen LogP contribution in [0.1, 0.15) is 21.5 Å². The standard InChI is InChI=1S/C12H11BrClNS/c1-8-2-3-9(15-7-8)6-10(14)11-4-5-12(13)16-11/h2-5,7,10H,6H2,1H3. The fraction of sp³-hybridized carbons (Fsp3) is 0.250. The molecule has 4 heteroatoms. The number of alkyl halides is 1. The van der Waals surface area contributed by atoms with Crippen LogP contribution in [0.15, 0.2) is 34.2 Å². The van der Waals surface area contributed by atoms with Crippen LogP contribution in [0.4, 0.5) is 0 Å². The fourth-order valence-electron chi connectivity index (χ4n) is 1.40. The first kappa shape index (κ1) is 12.1. The number of hydrogen-bond donors (Lipinski definition) is 0. The van der Waals surface area contributed by atoms with Gasteiger partial charge >= 0.3 is 0 Å². The maximum atomic E-state index is 6.34. The lowest BCUT2D eigenvalue weighted by atomic mass is 10.2. The number of rotatable bonds is 3. The summed E-state index contributed by atoms with van der Waals surface area (Å²) in [6, 6.07) is 8.18. The van der Waals surface area contributed by atoms with Gasteiger partial charge < -0.3 is 0 Å². The van der Waals surface area contributed by atoms with E-state index >= 15 is 0 Å². The van der Waals surface area contributed by atoms with Crippen molar-refractivity contribution in [3.05, 3.63) is 50.4 Å². The number of hydrogen-bond acceptors (Lipinski definition) is 2. The molecule has 0 aliphatic rings. The Labute approximate surface area is 113 Å². The Hall–Kier alpha value is -0.380. The van der Waals surface area contributed by atoms with E-state index in [4.69, 9.17) is 11.6 Å². The van der Waals surface area contributed by atoms with Crippen molar-refractivity contribution in [2.24, 2.45) is 0 Å². The van der Waals surface area contributed by atoms with Gasteiger partial charge in [0.15, 0.2) is 0 Å². The van der Waals surface area contributed by atoms with Crippen molar-refractivity contribution in [3.8, 4) is 0 Å². The third-order valence-corrected chi connectivity index (χ3v) is 4.52. The number of pyridine rings is 1. The van der Waals surface area contributed by atoms with E-state index in [2.05, 4.69) is 33.0 Å². The summed E-state index contributed by atoms with van der Waals surface area (Å²) < 4.78 is 1.12. The van der Waals surface area contributed by atoms with Gasteiger partial charge in [0, 0.05) is 23.2 Å². The summed E-state index contributed by atoms with van der Waals surface area (Å²) in [5, 5.41) is 0.00602. The quantitative estimate of drug-likeness (QED) is 0.746. The minimum atomic E-state index is 0.00602. The molecule has 0 saturated carbocycles. The van der Waals surface area contributed by atoms with Gasteiger partial charge in [-0.3, -0.25) is 4.98 Å². The molecule has 2 aromatic heterocycles. The van der Waals surface area contributed by atoms with Crippen molar-refractivity contribution in [2.75, 3.05) is 0 Å². The summed E-state index contributed by atoms with van der Waals surface area (Å²) in [7, 11) is 0. The molecule has 2 rings (SSSR count). The first-order valence-electron chi connectivity index (χ1n) is 4.96. The van der Waals surface area contributed by atoms with Gasteiger partial charge in [-0.05, 0) is 46.6 Å². The first-order valence-corrected chi connectivity index (χ1v) is 7.00. The molecule has 0 aromatic carbocycles. The number of halogens is 2. The van der Waals surface area contributed by atoms with Crippen molar-refractivity contribution in [2.45, 2.75) is 18.7 Å². The molecule has 0 saturated heterocycles. The second-order valence-corrected chi connectivity index (χ2v) is 6.66. The van der Waals surface area contributed by atoms with Crippen molar-refractivity contribution in [1.82, 2.24) is 4.98 Å². The largest absolute Gasteiger partial charge is 0.261 e. The number of aryl methyl sites for hydroxylation is 1. The topological polar surface area (TPSA) is 12.9 Å². The van der Waals surface area contributed by atoms with Crippen molar-refractivity contribution < 1.29 is 0 Å². The summed E-state index contributed by atoms with van der Waals surface area (Å²) in [6.07, 6.45) is 2.65. The maximum absolute atomic E-state index is 6.34. The lowest BCUT2D eigenvalue weighted by Gasteiger charge is -2.06. The molecule has 84 valence electrons. The molecule has 0 radical (unpaired) electrons. The highest BCUT2D eigenvalue weighted by molar-refractivity contribution is 9.11. The summed E-state index contributed by atoms with van der Waals surface area (Å²) in [5.41, 5.74) is 2.21. The Morgan fingerprint density at radius 3 is 2.75 bits per heavy atom. The van der Waals surface area contributed by atoms with E-state index in [0.29, 0.717) is 0 Å². The minimum Gasteiger partial charge on any atom is -0.261 e. The van der Waals surface area contributed by atoms with Crippen LogP contribution in [0.3, 0.4) is 0 Å². The molecule has 2 heterocycles. The average molecular weight is 317 g/mol. The lowest BCUT2D eigenvalue weighted by Crippen LogP contribution is -1.96. The van der Waals surface area contributed by atoms with Gasteiger partial charge in [0.25, 0.3) is 0 Å². The van der Waals surface area contributed by atoms with E-state index in [0.717, 1.165) is 15.9 Å². The molecular formula is C12H11BrClNS. The van der Waals surface area contributed by atoms with Gasteiger partial charge in [-0.1, -0.05) is 6.07 Å². The zero-order valence-corrected chi connectivity index (χ0v) is 11.9. The van der Waals surface area contributed by atoms with Crippen LogP contribution in [-0.2, 0) is 6.42 Å². The SMILES string of the molecule is Cc1ccc(CC(Cl)c2ccc(Br)s2)nc1. The zero-order valence-electron chi connectivity index (χ0n) is 8.78. The Morgan fingerprint density at radius 1 is 1.38 bits per heavy atom. The minimum absolute atomic E-state index is 0.00602. The van der Waals surface area contributed by atoms with Crippen LogP contribution in [-0.4, -0.2) is 4.98 Å². The van der Waals surface area contributed by atoms with Gasteiger partial charge in [-0.25, -0.2) is 0 Å². The normalized spacial score (nSPS) is 12.7. The second-order valence-electron chi connectivity index (χ2n) is 3.64. The van der Waals surface area contributed by atoms with E-state index in [-0.39, 0.29) is 5.38 Å². The van der Waals surface area contributed by atoms with E-state index < -0.39 is 0 Å². The molecule has 0 amide bonds. The summed E-state index contributed by atoms with van der Waals surface area (Å²) in [4.78, 5) is 5.54. The number of thiophene rings is 1. The van der Waals surface area contributed by atoms with Crippen LogP contribution in [0.25, 0.3) is 0 Å². The molecule has 1 nitrogen and oxygen atoms in total. The number of aromatic nitrogens is 1. The first-order chi connectivity index (χ1) is 7.65. The Bertz CT molecular complexity index is 466. The predicted molar refractivity (Wildman–Crippen MR) is 73.3 cm³/mol. The highest BCUT2D eigenvalue weighted by atomic mass is 79.9. The predicted octanol–water partition coefficient (Wildman–Crippen LogP) is 4.74. The molecule has 2 aromatic rings. The average Bonchev–Trinajstić information content (AvgIpc) is 2.68. The molecule has 1 unspecified atom stereocenters. The molecule has 1 atom stereocenters. The van der Waals surface area contributed by atoms with Crippen molar-refractivity contribution in [1.29, 1.82) is 0 Å². The summed E-state index contributed by atoms with van der Waals surface area (Å²) in [6.45, 7) is 2.03. The Kier molecular flexibility index (Phi) is 4.00. The maximum Gasteiger partial charge on any atom is 0.0734 e.